The fourth-order valence-electron chi connectivity index (χ4n) is 4.26. The molecule has 0 unspecified atom stereocenters. The number of benzene rings is 1. The summed E-state index contributed by atoms with van der Waals surface area (Å²) in [4.78, 5) is 26.2. The van der Waals surface area contributed by atoms with E-state index in [-0.39, 0.29) is 29.0 Å². The van der Waals surface area contributed by atoms with Crippen LogP contribution in [0.2, 0.25) is 0 Å². The number of carbonyl (C=O) groups is 1. The molecule has 9 nitrogen and oxygen atoms in total. The molecule has 0 atom stereocenters. The highest BCUT2D eigenvalue weighted by Gasteiger charge is 2.31. The zero-order valence-corrected chi connectivity index (χ0v) is 18.8. The van der Waals surface area contributed by atoms with E-state index >= 15 is 0 Å². The van der Waals surface area contributed by atoms with E-state index in [4.69, 9.17) is 10.7 Å². The Bertz CT molecular complexity index is 1450. The van der Waals surface area contributed by atoms with Crippen LogP contribution in [0.1, 0.15) is 41.7 Å². The molecule has 10 heteroatoms. The average Bonchev–Trinajstić information content (AvgIpc) is 3.24. The number of carbonyl (C=O) groups excluding carboxylic acids is 1. The van der Waals surface area contributed by atoms with Gasteiger partial charge in [-0.15, -0.1) is 0 Å². The van der Waals surface area contributed by atoms with Crippen LogP contribution < -0.4 is 5.73 Å². The molecule has 0 saturated carbocycles. The second kappa shape index (κ2) is 8.04. The number of ketones is 1. The lowest BCUT2D eigenvalue weighted by Gasteiger charge is -2.24. The summed E-state index contributed by atoms with van der Waals surface area (Å²) in [6.45, 7) is 1.43. The topological polar surface area (TPSA) is 133 Å². The summed E-state index contributed by atoms with van der Waals surface area (Å²) in [7, 11) is -3.05. The predicted octanol–water partition coefficient (Wildman–Crippen LogP) is 2.93. The first-order valence-corrected chi connectivity index (χ1v) is 12.4. The summed E-state index contributed by atoms with van der Waals surface area (Å²) in [5.74, 6) is 0.554. The second-order valence-corrected chi connectivity index (χ2v) is 10.5. The minimum absolute atomic E-state index is 0.0721. The van der Waals surface area contributed by atoms with Crippen molar-refractivity contribution in [2.24, 2.45) is 0 Å². The molecule has 0 bridgehead atoms. The van der Waals surface area contributed by atoms with Crippen LogP contribution in [0.4, 0.5) is 5.82 Å². The Balaban J connectivity index is 1.60. The van der Waals surface area contributed by atoms with Crippen LogP contribution in [0.25, 0.3) is 28.2 Å². The fraction of sp³-hybridized carbons (Fsp3) is 0.261. The van der Waals surface area contributed by atoms with Crippen molar-refractivity contribution >= 4 is 27.1 Å². The summed E-state index contributed by atoms with van der Waals surface area (Å²) in [6, 6.07) is 9.66. The van der Waals surface area contributed by atoms with Gasteiger partial charge in [-0.1, -0.05) is 30.3 Å². The van der Waals surface area contributed by atoms with E-state index in [0.717, 1.165) is 5.56 Å². The van der Waals surface area contributed by atoms with Gasteiger partial charge in [0.15, 0.2) is 17.3 Å². The molecule has 2 N–H and O–H groups in total. The standard InChI is InChI=1S/C23H22N6O3S/c1-14(30)19-20(15-7-9-33(31,32)10-8-15)28-23-18(13-27-29(23)21(19)24)17-11-25-22(26-12-17)16-5-3-2-4-6-16/h2-6,11-13,15H,7-10,24H2,1H3. The first-order chi connectivity index (χ1) is 15.8. The van der Waals surface area contributed by atoms with Crippen molar-refractivity contribution < 1.29 is 13.2 Å². The summed E-state index contributed by atoms with van der Waals surface area (Å²) in [5.41, 5.74) is 9.98. The molecule has 1 fully saturated rings. The summed E-state index contributed by atoms with van der Waals surface area (Å²) < 4.78 is 25.3. The third kappa shape index (κ3) is 3.86. The molecule has 168 valence electrons. The maximum absolute atomic E-state index is 12.5. The average molecular weight is 463 g/mol. The van der Waals surface area contributed by atoms with Gasteiger partial charge in [-0.3, -0.25) is 4.79 Å². The van der Waals surface area contributed by atoms with Crippen LogP contribution in [0, 0.1) is 0 Å². The van der Waals surface area contributed by atoms with Gasteiger partial charge in [0, 0.05) is 35.0 Å². The third-order valence-electron chi connectivity index (χ3n) is 6.00. The van der Waals surface area contributed by atoms with Crippen LogP contribution in [0.3, 0.4) is 0 Å². The van der Waals surface area contributed by atoms with Gasteiger partial charge in [-0.25, -0.2) is 23.4 Å². The molecular formula is C23H22N6O3S. The fourth-order valence-corrected chi connectivity index (χ4v) is 5.75. The van der Waals surface area contributed by atoms with E-state index in [0.29, 0.717) is 46.7 Å². The second-order valence-electron chi connectivity index (χ2n) is 8.19. The molecule has 5 rings (SSSR count). The number of sulfone groups is 1. The first kappa shape index (κ1) is 21.2. The number of nitrogens with two attached hydrogens (primary N) is 1. The van der Waals surface area contributed by atoms with Crippen LogP contribution in [0.15, 0.2) is 48.9 Å². The quantitative estimate of drug-likeness (QED) is 0.458. The molecule has 0 amide bonds. The van der Waals surface area contributed by atoms with Crippen molar-refractivity contribution in [2.75, 3.05) is 17.2 Å². The maximum Gasteiger partial charge on any atom is 0.165 e. The van der Waals surface area contributed by atoms with Crippen molar-refractivity contribution in [2.45, 2.75) is 25.7 Å². The Hall–Kier alpha value is -3.66. The van der Waals surface area contributed by atoms with E-state index in [2.05, 4.69) is 15.1 Å². The number of aromatic nitrogens is 5. The largest absolute Gasteiger partial charge is 0.383 e. The number of fused-ring (bicyclic) bond motifs is 1. The molecule has 1 aliphatic rings. The van der Waals surface area contributed by atoms with Gasteiger partial charge >= 0.3 is 0 Å². The lowest BCUT2D eigenvalue weighted by molar-refractivity contribution is 0.101. The number of nitrogen functional groups attached to an aromatic ring is 1. The lowest BCUT2D eigenvalue weighted by atomic mass is 9.93. The van der Waals surface area contributed by atoms with E-state index < -0.39 is 9.84 Å². The third-order valence-corrected chi connectivity index (χ3v) is 7.71. The Morgan fingerprint density at radius 3 is 2.33 bits per heavy atom. The number of Topliss-reactive ketones (excluding diaryl/α,β-unsaturated/α-hetero) is 1. The molecule has 0 spiro atoms. The van der Waals surface area contributed by atoms with Gasteiger partial charge in [0.2, 0.25) is 0 Å². The molecule has 1 aliphatic heterocycles. The van der Waals surface area contributed by atoms with E-state index in [1.807, 2.05) is 30.3 Å². The highest BCUT2D eigenvalue weighted by molar-refractivity contribution is 7.91. The molecule has 4 aromatic rings. The van der Waals surface area contributed by atoms with Crippen molar-refractivity contribution in [1.29, 1.82) is 0 Å². The Labute approximate surface area is 190 Å². The van der Waals surface area contributed by atoms with Crippen molar-refractivity contribution in [3.63, 3.8) is 0 Å². The molecule has 1 saturated heterocycles. The molecule has 33 heavy (non-hydrogen) atoms. The zero-order valence-electron chi connectivity index (χ0n) is 18.0. The molecule has 1 aromatic carbocycles. The molecular weight excluding hydrogens is 440 g/mol. The van der Waals surface area contributed by atoms with Crippen LogP contribution in [0.5, 0.6) is 0 Å². The number of rotatable bonds is 4. The van der Waals surface area contributed by atoms with Gasteiger partial charge < -0.3 is 5.73 Å². The number of nitrogens with zero attached hydrogens (tertiary/aromatic N) is 5. The Morgan fingerprint density at radius 1 is 1.03 bits per heavy atom. The zero-order chi connectivity index (χ0) is 23.2. The van der Waals surface area contributed by atoms with Gasteiger partial charge in [0.05, 0.1) is 29.0 Å². The van der Waals surface area contributed by atoms with Gasteiger partial charge in [-0.05, 0) is 19.8 Å². The van der Waals surface area contributed by atoms with Gasteiger partial charge in [0.25, 0.3) is 0 Å². The molecule has 0 radical (unpaired) electrons. The number of hydrogen-bond donors (Lipinski definition) is 1. The summed E-state index contributed by atoms with van der Waals surface area (Å²) >= 11 is 0. The lowest BCUT2D eigenvalue weighted by Crippen LogP contribution is -2.25. The van der Waals surface area contributed by atoms with Crippen LogP contribution in [-0.4, -0.2) is 50.3 Å². The number of anilines is 1. The van der Waals surface area contributed by atoms with Crippen LogP contribution in [-0.2, 0) is 9.84 Å². The van der Waals surface area contributed by atoms with Crippen molar-refractivity contribution in [3.05, 3.63) is 60.2 Å². The number of hydrogen-bond acceptors (Lipinski definition) is 8. The minimum Gasteiger partial charge on any atom is -0.383 e. The highest BCUT2D eigenvalue weighted by atomic mass is 32.2. The minimum atomic E-state index is -3.05. The maximum atomic E-state index is 12.5. The monoisotopic (exact) mass is 462 g/mol. The summed E-state index contributed by atoms with van der Waals surface area (Å²) in [6.07, 6.45) is 5.84. The Morgan fingerprint density at radius 2 is 1.70 bits per heavy atom. The van der Waals surface area contributed by atoms with E-state index in [1.165, 1.54) is 11.4 Å². The molecule has 0 aliphatic carbocycles. The molecule has 4 heterocycles. The van der Waals surface area contributed by atoms with Gasteiger partial charge in [0.1, 0.15) is 15.7 Å². The van der Waals surface area contributed by atoms with Crippen molar-refractivity contribution in [1.82, 2.24) is 24.6 Å². The van der Waals surface area contributed by atoms with Crippen LogP contribution >= 0.6 is 0 Å². The summed E-state index contributed by atoms with van der Waals surface area (Å²) in [5, 5.41) is 4.35. The molecule has 3 aromatic heterocycles. The smallest absolute Gasteiger partial charge is 0.165 e. The normalized spacial score (nSPS) is 16.2. The van der Waals surface area contributed by atoms with E-state index in [1.54, 1.807) is 18.6 Å². The van der Waals surface area contributed by atoms with E-state index in [9.17, 15) is 13.2 Å². The Kier molecular flexibility index (Phi) is 5.16. The predicted molar refractivity (Wildman–Crippen MR) is 124 cm³/mol. The SMILES string of the molecule is CC(=O)c1c(C2CCS(=O)(=O)CC2)nc2c(-c3cnc(-c4ccccc4)nc3)cnn2c1N. The highest BCUT2D eigenvalue weighted by Crippen LogP contribution is 2.35. The first-order valence-electron chi connectivity index (χ1n) is 10.6. The van der Waals surface area contributed by atoms with Gasteiger partial charge in [-0.2, -0.15) is 9.61 Å². The van der Waals surface area contributed by atoms with Crippen molar-refractivity contribution in [3.8, 4) is 22.5 Å².